The van der Waals surface area contributed by atoms with E-state index in [1.807, 2.05) is 12.3 Å². The zero-order valence-electron chi connectivity index (χ0n) is 16.5. The molecule has 1 heterocycles. The second kappa shape index (κ2) is 11.1. The number of benzene rings is 1. The van der Waals surface area contributed by atoms with Gasteiger partial charge in [-0.3, -0.25) is 0 Å². The molecule has 0 amide bonds. The first-order valence-electron chi connectivity index (χ1n) is 9.25. The summed E-state index contributed by atoms with van der Waals surface area (Å²) < 4.78 is 0. The van der Waals surface area contributed by atoms with Gasteiger partial charge < -0.3 is 5.73 Å². The quantitative estimate of drug-likeness (QED) is 0.461. The molecule has 2 heteroatoms. The molecule has 1 aromatic carbocycles. The van der Waals surface area contributed by atoms with Crippen molar-refractivity contribution in [1.82, 2.24) is 4.98 Å². The zero-order valence-corrected chi connectivity index (χ0v) is 16.5. The lowest BCUT2D eigenvalue weighted by Crippen LogP contribution is -2.01. The van der Waals surface area contributed by atoms with Crippen molar-refractivity contribution < 1.29 is 0 Å². The summed E-state index contributed by atoms with van der Waals surface area (Å²) in [4.78, 5) is 4.34. The van der Waals surface area contributed by atoms with Crippen LogP contribution >= 0.6 is 0 Å². The average molecular weight is 349 g/mol. The summed E-state index contributed by atoms with van der Waals surface area (Å²) in [5.74, 6) is 0.616. The lowest BCUT2D eigenvalue weighted by molar-refractivity contribution is 0.954. The molecule has 0 aliphatic heterocycles. The van der Waals surface area contributed by atoms with E-state index in [2.05, 4.69) is 75.8 Å². The van der Waals surface area contributed by atoms with E-state index in [4.69, 9.17) is 5.73 Å². The predicted octanol–water partition coefficient (Wildman–Crippen LogP) is 6.46. The Hall–Kier alpha value is -2.61. The van der Waals surface area contributed by atoms with Crippen LogP contribution in [0, 0.1) is 6.92 Å². The van der Waals surface area contributed by atoms with Crippen LogP contribution < -0.4 is 5.73 Å². The van der Waals surface area contributed by atoms with Gasteiger partial charge in [0.1, 0.15) is 5.82 Å². The molecule has 0 aliphatic carbocycles. The number of aromatic nitrogens is 1. The number of allylic oxidation sites excluding steroid dienone is 3. The molecule has 0 radical (unpaired) electrons. The summed E-state index contributed by atoms with van der Waals surface area (Å²) in [6.07, 6.45) is 10.1. The number of nitrogen functional groups attached to an aromatic ring is 1. The van der Waals surface area contributed by atoms with Crippen molar-refractivity contribution >= 4 is 5.82 Å². The van der Waals surface area contributed by atoms with Gasteiger partial charge in [0, 0.05) is 11.8 Å². The normalized spacial score (nSPS) is 10.8. The second-order valence-corrected chi connectivity index (χ2v) is 6.12. The highest BCUT2D eigenvalue weighted by Crippen LogP contribution is 2.31. The monoisotopic (exact) mass is 348 g/mol. The molecule has 2 rings (SSSR count). The molecule has 138 valence electrons. The molecule has 0 bridgehead atoms. The number of pyridine rings is 1. The van der Waals surface area contributed by atoms with Crippen LogP contribution in [-0.2, 0) is 12.8 Å². The first-order valence-corrected chi connectivity index (χ1v) is 9.25. The number of rotatable bonds is 7. The van der Waals surface area contributed by atoms with Crippen molar-refractivity contribution in [2.45, 2.75) is 46.5 Å². The molecule has 0 fully saturated rings. The van der Waals surface area contributed by atoms with Crippen LogP contribution in [0.25, 0.3) is 11.1 Å². The van der Waals surface area contributed by atoms with E-state index >= 15 is 0 Å². The Bertz CT molecular complexity index is 740. The molecule has 1 aromatic heterocycles. The maximum atomic E-state index is 6.16. The minimum atomic E-state index is 0.616. The van der Waals surface area contributed by atoms with Gasteiger partial charge in [0.25, 0.3) is 0 Å². The van der Waals surface area contributed by atoms with Crippen molar-refractivity contribution in [3.8, 4) is 11.1 Å². The SMILES string of the molecule is C=C.C=C/C(=C\CC)CCc1ccc(-c2c(N)ncc(C)c2CC)cc1. The fourth-order valence-corrected chi connectivity index (χ4v) is 3.11. The minimum Gasteiger partial charge on any atom is -0.383 e. The van der Waals surface area contributed by atoms with Gasteiger partial charge in [0.05, 0.1) is 0 Å². The van der Waals surface area contributed by atoms with Gasteiger partial charge in [-0.2, -0.15) is 0 Å². The van der Waals surface area contributed by atoms with Gasteiger partial charge >= 0.3 is 0 Å². The number of hydrogen-bond donors (Lipinski definition) is 1. The Labute approximate surface area is 159 Å². The van der Waals surface area contributed by atoms with Crippen LogP contribution in [0.5, 0.6) is 0 Å². The number of nitrogens with zero attached hydrogens (tertiary/aromatic N) is 1. The molecule has 2 aromatic rings. The van der Waals surface area contributed by atoms with Crippen LogP contribution in [0.1, 0.15) is 43.4 Å². The average Bonchev–Trinajstić information content (AvgIpc) is 2.68. The fourth-order valence-electron chi connectivity index (χ4n) is 3.11. The molecule has 2 N–H and O–H groups in total. The predicted molar refractivity (Wildman–Crippen MR) is 116 cm³/mol. The second-order valence-electron chi connectivity index (χ2n) is 6.12. The molecule has 0 saturated heterocycles. The Morgan fingerprint density at radius 1 is 1.15 bits per heavy atom. The highest BCUT2D eigenvalue weighted by Gasteiger charge is 2.11. The summed E-state index contributed by atoms with van der Waals surface area (Å²) in [5, 5.41) is 0. The van der Waals surface area contributed by atoms with Crippen molar-refractivity contribution in [3.05, 3.63) is 84.6 Å². The van der Waals surface area contributed by atoms with Gasteiger partial charge in [-0.1, -0.05) is 62.4 Å². The number of anilines is 1. The van der Waals surface area contributed by atoms with Crippen molar-refractivity contribution in [1.29, 1.82) is 0 Å². The van der Waals surface area contributed by atoms with Gasteiger partial charge in [0.15, 0.2) is 0 Å². The van der Waals surface area contributed by atoms with Crippen molar-refractivity contribution in [2.75, 3.05) is 5.73 Å². The van der Waals surface area contributed by atoms with Crippen molar-refractivity contribution in [2.24, 2.45) is 0 Å². The number of hydrogen-bond acceptors (Lipinski definition) is 2. The maximum absolute atomic E-state index is 6.16. The third kappa shape index (κ3) is 5.45. The third-order valence-electron chi connectivity index (χ3n) is 4.46. The topological polar surface area (TPSA) is 38.9 Å². The molecule has 0 spiro atoms. The van der Waals surface area contributed by atoms with Crippen molar-refractivity contribution in [3.63, 3.8) is 0 Å². The van der Waals surface area contributed by atoms with E-state index in [9.17, 15) is 0 Å². The summed E-state index contributed by atoms with van der Waals surface area (Å²) >= 11 is 0. The largest absolute Gasteiger partial charge is 0.383 e. The molecular formula is C24H32N2. The first kappa shape index (κ1) is 21.4. The standard InChI is InChI=1S/C22H28N2.C2H4/c1-5-8-17(6-2)9-10-18-11-13-19(14-12-18)21-20(7-3)16(4)15-24-22(21)23;1-2/h6,8,11-15H,2,5,7,9-10H2,1,3-4H3,(H2,23,24);1-2H2/b17-8+;. The molecule has 0 saturated carbocycles. The van der Waals surface area contributed by atoms with E-state index in [1.54, 1.807) is 0 Å². The zero-order chi connectivity index (χ0) is 19.5. The summed E-state index contributed by atoms with van der Waals surface area (Å²) in [7, 11) is 0. The summed E-state index contributed by atoms with van der Waals surface area (Å²) in [6.45, 7) is 16.3. The first-order chi connectivity index (χ1) is 12.6. The van der Waals surface area contributed by atoms with E-state index in [0.29, 0.717) is 5.82 Å². The third-order valence-corrected chi connectivity index (χ3v) is 4.46. The Morgan fingerprint density at radius 3 is 2.35 bits per heavy atom. The summed E-state index contributed by atoms with van der Waals surface area (Å²) in [5.41, 5.74) is 13.5. The summed E-state index contributed by atoms with van der Waals surface area (Å²) in [6, 6.07) is 8.73. The van der Waals surface area contributed by atoms with Crippen LogP contribution in [0.2, 0.25) is 0 Å². The lowest BCUT2D eigenvalue weighted by Gasteiger charge is -2.14. The van der Waals surface area contributed by atoms with Crippen LogP contribution in [0.4, 0.5) is 5.82 Å². The van der Waals surface area contributed by atoms with E-state index in [-0.39, 0.29) is 0 Å². The van der Waals surface area contributed by atoms with E-state index in [1.165, 1.54) is 22.3 Å². The highest BCUT2D eigenvalue weighted by atomic mass is 14.8. The number of aryl methyl sites for hydroxylation is 2. The Balaban J connectivity index is 0.00000163. The maximum Gasteiger partial charge on any atom is 0.131 e. The smallest absolute Gasteiger partial charge is 0.131 e. The molecule has 0 aliphatic rings. The Morgan fingerprint density at radius 2 is 1.81 bits per heavy atom. The van der Waals surface area contributed by atoms with Gasteiger partial charge in [-0.05, 0) is 54.9 Å². The number of nitrogens with two attached hydrogens (primary N) is 1. The molecular weight excluding hydrogens is 316 g/mol. The molecule has 2 nitrogen and oxygen atoms in total. The van der Waals surface area contributed by atoms with E-state index in [0.717, 1.165) is 36.8 Å². The van der Waals surface area contributed by atoms with Gasteiger partial charge in [0.2, 0.25) is 0 Å². The van der Waals surface area contributed by atoms with Crippen LogP contribution in [0.3, 0.4) is 0 Å². The Kier molecular flexibility index (Phi) is 9.14. The van der Waals surface area contributed by atoms with Crippen LogP contribution in [-0.4, -0.2) is 4.98 Å². The van der Waals surface area contributed by atoms with Crippen LogP contribution in [0.15, 0.2) is 67.9 Å². The van der Waals surface area contributed by atoms with Gasteiger partial charge in [-0.25, -0.2) is 4.98 Å². The van der Waals surface area contributed by atoms with E-state index < -0.39 is 0 Å². The highest BCUT2D eigenvalue weighted by molar-refractivity contribution is 5.78. The fraction of sp³-hybridized carbons (Fsp3) is 0.292. The lowest BCUT2D eigenvalue weighted by atomic mass is 9.94. The minimum absolute atomic E-state index is 0.616. The molecule has 0 unspecified atom stereocenters. The molecule has 26 heavy (non-hydrogen) atoms. The molecule has 0 atom stereocenters. The van der Waals surface area contributed by atoms with Gasteiger partial charge in [-0.15, -0.1) is 13.2 Å².